The van der Waals surface area contributed by atoms with Gasteiger partial charge in [-0.3, -0.25) is 19.7 Å². The van der Waals surface area contributed by atoms with Crippen LogP contribution in [0, 0.1) is 10.1 Å². The summed E-state index contributed by atoms with van der Waals surface area (Å²) in [7, 11) is 1.43. The third kappa shape index (κ3) is 6.31. The van der Waals surface area contributed by atoms with Crippen molar-refractivity contribution in [2.45, 2.75) is 0 Å². The summed E-state index contributed by atoms with van der Waals surface area (Å²) in [6.07, 6.45) is 1.32. The first kappa shape index (κ1) is 23.8. The second kappa shape index (κ2) is 10.6. The van der Waals surface area contributed by atoms with Gasteiger partial charge in [0.15, 0.2) is 0 Å². The fraction of sp³-hybridized carbons (Fsp3) is 0.0435. The van der Waals surface area contributed by atoms with Gasteiger partial charge in [0, 0.05) is 27.7 Å². The molecule has 2 amide bonds. The smallest absolute Gasteiger partial charge is 0.272 e. The van der Waals surface area contributed by atoms with Crippen LogP contribution in [0.2, 0.25) is 10.0 Å². The highest BCUT2D eigenvalue weighted by Crippen LogP contribution is 2.28. The number of anilines is 1. The molecule has 0 fully saturated rings. The Kier molecular flexibility index (Phi) is 7.66. The minimum atomic E-state index is -0.697. The Bertz CT molecular complexity index is 1260. The molecule has 0 saturated carbocycles. The summed E-state index contributed by atoms with van der Waals surface area (Å²) in [5.74, 6) is -0.941. The molecule has 8 nitrogen and oxygen atoms in total. The number of nitro benzene ring substituents is 1. The highest BCUT2D eigenvalue weighted by Gasteiger charge is 2.18. The van der Waals surface area contributed by atoms with Gasteiger partial charge in [0.2, 0.25) is 0 Å². The second-order valence-electron chi connectivity index (χ2n) is 6.67. The molecule has 0 heterocycles. The van der Waals surface area contributed by atoms with Gasteiger partial charge in [-0.2, -0.15) is 0 Å². The van der Waals surface area contributed by atoms with E-state index in [-0.39, 0.29) is 22.6 Å². The maximum Gasteiger partial charge on any atom is 0.272 e. The highest BCUT2D eigenvalue weighted by molar-refractivity contribution is 6.31. The van der Waals surface area contributed by atoms with Gasteiger partial charge < -0.3 is 15.4 Å². The Balaban J connectivity index is 1.98. The summed E-state index contributed by atoms with van der Waals surface area (Å²) in [5, 5.41) is 17.0. The minimum Gasteiger partial charge on any atom is -0.495 e. The Morgan fingerprint density at radius 3 is 2.42 bits per heavy atom. The third-order valence-corrected chi connectivity index (χ3v) is 4.85. The number of nitrogens with zero attached hydrogens (tertiary/aromatic N) is 1. The molecule has 3 aromatic carbocycles. The Labute approximate surface area is 198 Å². The molecule has 0 atom stereocenters. The zero-order valence-electron chi connectivity index (χ0n) is 17.2. The van der Waals surface area contributed by atoms with Gasteiger partial charge >= 0.3 is 0 Å². The topological polar surface area (TPSA) is 111 Å². The van der Waals surface area contributed by atoms with Gasteiger partial charge in [-0.1, -0.05) is 41.4 Å². The van der Waals surface area contributed by atoms with E-state index in [0.717, 1.165) is 0 Å². The molecule has 10 heteroatoms. The molecular formula is C23H17Cl2N3O5. The van der Waals surface area contributed by atoms with Gasteiger partial charge in [0.1, 0.15) is 11.4 Å². The van der Waals surface area contributed by atoms with Crippen molar-refractivity contribution in [2.75, 3.05) is 12.4 Å². The van der Waals surface area contributed by atoms with Crippen LogP contribution in [-0.4, -0.2) is 23.8 Å². The maximum atomic E-state index is 13.1. The number of nitro groups is 1. The second-order valence-corrected chi connectivity index (χ2v) is 7.55. The number of methoxy groups -OCH3 is 1. The van der Waals surface area contributed by atoms with Crippen molar-refractivity contribution >= 4 is 52.5 Å². The van der Waals surface area contributed by atoms with Crippen LogP contribution in [-0.2, 0) is 4.79 Å². The van der Waals surface area contributed by atoms with E-state index in [2.05, 4.69) is 10.6 Å². The first-order valence-electron chi connectivity index (χ1n) is 9.45. The van der Waals surface area contributed by atoms with Crippen molar-refractivity contribution in [1.29, 1.82) is 0 Å². The summed E-state index contributed by atoms with van der Waals surface area (Å²) in [4.78, 5) is 36.4. The first-order chi connectivity index (χ1) is 15.8. The molecule has 0 unspecified atom stereocenters. The van der Waals surface area contributed by atoms with Crippen molar-refractivity contribution in [3.8, 4) is 5.75 Å². The molecule has 0 aromatic heterocycles. The van der Waals surface area contributed by atoms with Gasteiger partial charge in [-0.05, 0) is 48.0 Å². The molecule has 3 rings (SSSR count). The monoisotopic (exact) mass is 485 g/mol. The van der Waals surface area contributed by atoms with Crippen molar-refractivity contribution in [2.24, 2.45) is 0 Å². The fourth-order valence-corrected chi connectivity index (χ4v) is 3.21. The molecule has 0 aliphatic heterocycles. The standard InChI is InChI=1S/C23H17Cl2N3O5/c1-33-21-9-8-17(25)13-19(21)26-23(30)20(11-14-4-2-7-18(10-14)28(31)32)27-22(29)15-5-3-6-16(24)12-15/h2-13H,1H3,(H,26,30)(H,27,29). The van der Waals surface area contributed by atoms with E-state index in [1.807, 2.05) is 0 Å². The SMILES string of the molecule is COc1ccc(Cl)cc1NC(=O)C(=Cc1cccc([N+](=O)[O-])c1)NC(=O)c1cccc(Cl)c1. The lowest BCUT2D eigenvalue weighted by Gasteiger charge is -2.14. The average Bonchev–Trinajstić information content (AvgIpc) is 2.79. The Morgan fingerprint density at radius 2 is 1.73 bits per heavy atom. The molecule has 0 saturated heterocycles. The summed E-state index contributed by atoms with van der Waals surface area (Å²) < 4.78 is 5.24. The van der Waals surface area contributed by atoms with Gasteiger partial charge in [0.05, 0.1) is 17.7 Å². The molecule has 3 aromatic rings. The van der Waals surface area contributed by atoms with Crippen LogP contribution in [0.4, 0.5) is 11.4 Å². The highest BCUT2D eigenvalue weighted by atomic mass is 35.5. The van der Waals surface area contributed by atoms with E-state index in [1.165, 1.54) is 49.6 Å². The number of carbonyl (C=O) groups excluding carboxylic acids is 2. The number of non-ortho nitro benzene ring substituents is 1. The Morgan fingerprint density at radius 1 is 1.00 bits per heavy atom. The molecule has 168 valence electrons. The van der Waals surface area contributed by atoms with E-state index < -0.39 is 16.7 Å². The number of ether oxygens (including phenoxy) is 1. The van der Waals surface area contributed by atoms with E-state index in [0.29, 0.717) is 21.4 Å². The lowest BCUT2D eigenvalue weighted by molar-refractivity contribution is -0.384. The van der Waals surface area contributed by atoms with E-state index in [9.17, 15) is 19.7 Å². The zero-order valence-corrected chi connectivity index (χ0v) is 18.7. The van der Waals surface area contributed by atoms with E-state index >= 15 is 0 Å². The number of nitrogens with one attached hydrogen (secondary N) is 2. The third-order valence-electron chi connectivity index (χ3n) is 4.38. The molecule has 0 spiro atoms. The summed E-state index contributed by atoms with van der Waals surface area (Å²) in [6, 6.07) is 16.5. The minimum absolute atomic E-state index is 0.164. The number of halogens is 2. The zero-order chi connectivity index (χ0) is 24.0. The Hall–Kier alpha value is -3.88. The summed E-state index contributed by atoms with van der Waals surface area (Å²) in [5.41, 5.74) is 0.500. The number of benzene rings is 3. The van der Waals surface area contributed by atoms with E-state index in [4.69, 9.17) is 27.9 Å². The van der Waals surface area contributed by atoms with Crippen molar-refractivity contribution < 1.29 is 19.2 Å². The lowest BCUT2D eigenvalue weighted by Crippen LogP contribution is -2.30. The van der Waals surface area contributed by atoms with Crippen molar-refractivity contribution in [3.05, 3.63) is 104 Å². The largest absolute Gasteiger partial charge is 0.495 e. The van der Waals surface area contributed by atoms with Gasteiger partial charge in [-0.25, -0.2) is 0 Å². The number of hydrogen-bond acceptors (Lipinski definition) is 5. The lowest BCUT2D eigenvalue weighted by atomic mass is 10.1. The van der Waals surface area contributed by atoms with Crippen LogP contribution in [0.1, 0.15) is 15.9 Å². The molecule has 0 bridgehead atoms. The predicted octanol–water partition coefficient (Wildman–Crippen LogP) is 5.32. The first-order valence-corrected chi connectivity index (χ1v) is 10.2. The normalized spacial score (nSPS) is 10.9. The van der Waals surface area contributed by atoms with Gasteiger partial charge in [-0.15, -0.1) is 0 Å². The molecule has 0 aliphatic carbocycles. The number of hydrogen-bond donors (Lipinski definition) is 2. The number of rotatable bonds is 7. The maximum absolute atomic E-state index is 13.1. The van der Waals surface area contributed by atoms with Crippen molar-refractivity contribution in [3.63, 3.8) is 0 Å². The predicted molar refractivity (Wildman–Crippen MR) is 127 cm³/mol. The van der Waals surface area contributed by atoms with Crippen LogP contribution < -0.4 is 15.4 Å². The van der Waals surface area contributed by atoms with Crippen LogP contribution >= 0.6 is 23.2 Å². The average molecular weight is 486 g/mol. The quantitative estimate of drug-likeness (QED) is 0.267. The van der Waals surface area contributed by atoms with Crippen LogP contribution in [0.3, 0.4) is 0 Å². The molecule has 0 radical (unpaired) electrons. The van der Waals surface area contributed by atoms with Crippen molar-refractivity contribution in [1.82, 2.24) is 5.32 Å². The van der Waals surface area contributed by atoms with Crippen LogP contribution in [0.25, 0.3) is 6.08 Å². The molecule has 33 heavy (non-hydrogen) atoms. The number of carbonyl (C=O) groups is 2. The fourth-order valence-electron chi connectivity index (χ4n) is 2.84. The molecule has 0 aliphatic rings. The molecular weight excluding hydrogens is 469 g/mol. The molecule has 2 N–H and O–H groups in total. The van der Waals surface area contributed by atoms with Gasteiger partial charge in [0.25, 0.3) is 17.5 Å². The summed E-state index contributed by atoms with van der Waals surface area (Å²) in [6.45, 7) is 0. The van der Waals surface area contributed by atoms with Crippen LogP contribution in [0.15, 0.2) is 72.4 Å². The van der Waals surface area contributed by atoms with E-state index in [1.54, 1.807) is 30.3 Å². The van der Waals surface area contributed by atoms with Crippen LogP contribution in [0.5, 0.6) is 5.75 Å². The number of amides is 2. The summed E-state index contributed by atoms with van der Waals surface area (Å²) >= 11 is 12.0.